The van der Waals surface area contributed by atoms with Crippen molar-refractivity contribution in [3.8, 4) is 0 Å². The van der Waals surface area contributed by atoms with Crippen LogP contribution in [-0.4, -0.2) is 41.1 Å². The maximum Gasteiger partial charge on any atom is 0.212 e. The minimum Gasteiger partial charge on any atom is -0.229 e. The van der Waals surface area contributed by atoms with Gasteiger partial charge in [-0.2, -0.15) is 0 Å². The summed E-state index contributed by atoms with van der Waals surface area (Å²) < 4.78 is 47.3. The molecule has 1 rings (SSSR count). The lowest BCUT2D eigenvalue weighted by molar-refractivity contribution is 0.578. The Morgan fingerprint density at radius 1 is 1.11 bits per heavy atom. The van der Waals surface area contributed by atoms with E-state index in [1.54, 1.807) is 12.1 Å². The van der Waals surface area contributed by atoms with E-state index in [-0.39, 0.29) is 6.54 Å². The van der Waals surface area contributed by atoms with Crippen LogP contribution in [0.1, 0.15) is 10.9 Å². The van der Waals surface area contributed by atoms with Crippen LogP contribution in [0.2, 0.25) is 0 Å². The van der Waals surface area contributed by atoms with Crippen molar-refractivity contribution in [1.29, 1.82) is 0 Å². The molecular formula is C11H16ClNO4S2. The number of halogens is 1. The van der Waals surface area contributed by atoms with Crippen LogP contribution in [0, 0.1) is 0 Å². The summed E-state index contributed by atoms with van der Waals surface area (Å²) in [5, 5.41) is -0.491. The van der Waals surface area contributed by atoms with E-state index in [9.17, 15) is 16.8 Å². The van der Waals surface area contributed by atoms with Crippen LogP contribution in [0.5, 0.6) is 0 Å². The fourth-order valence-corrected chi connectivity index (χ4v) is 4.28. The van der Waals surface area contributed by atoms with Crippen LogP contribution in [0.25, 0.3) is 0 Å². The first-order chi connectivity index (χ1) is 8.70. The molecule has 1 aromatic rings. The zero-order valence-corrected chi connectivity index (χ0v) is 12.8. The number of hydrogen-bond donors (Lipinski definition) is 1. The molecule has 1 atom stereocenters. The zero-order chi connectivity index (χ0) is 14.5. The number of sulfonamides is 1. The van der Waals surface area contributed by atoms with Gasteiger partial charge in [0.2, 0.25) is 10.0 Å². The topological polar surface area (TPSA) is 80.3 Å². The Balaban J connectivity index is 2.52. The van der Waals surface area contributed by atoms with E-state index in [4.69, 9.17) is 11.6 Å². The molecule has 19 heavy (non-hydrogen) atoms. The average Bonchev–Trinajstić information content (AvgIpc) is 2.34. The molecule has 0 amide bonds. The van der Waals surface area contributed by atoms with Crippen LogP contribution in [0.4, 0.5) is 0 Å². The van der Waals surface area contributed by atoms with E-state index in [2.05, 4.69) is 4.72 Å². The SMILES string of the molecule is CS(=O)(=O)CCS(=O)(=O)NCC(Cl)c1ccccc1. The van der Waals surface area contributed by atoms with Gasteiger partial charge in [-0.3, -0.25) is 0 Å². The molecule has 5 nitrogen and oxygen atoms in total. The van der Waals surface area contributed by atoms with Crippen molar-refractivity contribution < 1.29 is 16.8 Å². The molecule has 1 unspecified atom stereocenters. The van der Waals surface area contributed by atoms with Crippen molar-refractivity contribution in [2.75, 3.05) is 24.3 Å². The van der Waals surface area contributed by atoms with Crippen LogP contribution in [0.15, 0.2) is 30.3 Å². The molecular weight excluding hydrogens is 310 g/mol. The third kappa shape index (κ3) is 6.91. The molecule has 0 saturated carbocycles. The lowest BCUT2D eigenvalue weighted by atomic mass is 10.1. The highest BCUT2D eigenvalue weighted by Crippen LogP contribution is 2.18. The molecule has 0 heterocycles. The van der Waals surface area contributed by atoms with Crippen LogP contribution in [-0.2, 0) is 19.9 Å². The fraction of sp³-hybridized carbons (Fsp3) is 0.455. The summed E-state index contributed by atoms with van der Waals surface area (Å²) in [5.41, 5.74) is 0.801. The standard InChI is InChI=1S/C11H16ClNO4S2/c1-18(14,15)7-8-19(16,17)13-9-11(12)10-5-3-2-4-6-10/h2-6,11,13H,7-9H2,1H3. The third-order valence-electron chi connectivity index (χ3n) is 2.37. The van der Waals surface area contributed by atoms with Crippen LogP contribution in [0.3, 0.4) is 0 Å². The molecule has 108 valence electrons. The van der Waals surface area contributed by atoms with E-state index in [0.29, 0.717) is 0 Å². The van der Waals surface area contributed by atoms with Gasteiger partial charge in [0, 0.05) is 12.8 Å². The van der Waals surface area contributed by atoms with Gasteiger partial charge in [0.1, 0.15) is 9.84 Å². The number of hydrogen-bond acceptors (Lipinski definition) is 4. The van der Waals surface area contributed by atoms with Gasteiger partial charge >= 0.3 is 0 Å². The Labute approximate surface area is 118 Å². The fourth-order valence-electron chi connectivity index (χ4n) is 1.31. The van der Waals surface area contributed by atoms with E-state index >= 15 is 0 Å². The molecule has 0 bridgehead atoms. The van der Waals surface area contributed by atoms with E-state index < -0.39 is 36.7 Å². The second kappa shape index (κ2) is 6.69. The van der Waals surface area contributed by atoms with Gasteiger partial charge < -0.3 is 0 Å². The summed E-state index contributed by atoms with van der Waals surface area (Å²) in [6.07, 6.45) is 0.997. The Bertz CT molecular complexity index is 599. The predicted octanol–water partition coefficient (Wildman–Crippen LogP) is 0.930. The van der Waals surface area contributed by atoms with Crippen molar-refractivity contribution in [1.82, 2.24) is 4.72 Å². The second-order valence-corrected chi connectivity index (χ2v) is 8.89. The lowest BCUT2D eigenvalue weighted by Crippen LogP contribution is -2.31. The van der Waals surface area contributed by atoms with E-state index in [1.807, 2.05) is 18.2 Å². The minimum absolute atomic E-state index is 0.0255. The summed E-state index contributed by atoms with van der Waals surface area (Å²) in [6.45, 7) is 0.0255. The minimum atomic E-state index is -3.63. The number of benzene rings is 1. The number of sulfone groups is 1. The van der Waals surface area contributed by atoms with E-state index in [0.717, 1.165) is 11.8 Å². The number of nitrogens with one attached hydrogen (secondary N) is 1. The maximum absolute atomic E-state index is 11.6. The summed E-state index contributed by atoms with van der Waals surface area (Å²) in [4.78, 5) is 0. The molecule has 0 spiro atoms. The van der Waals surface area contributed by atoms with Gasteiger partial charge in [0.25, 0.3) is 0 Å². The third-order valence-corrected chi connectivity index (χ3v) is 5.33. The highest BCUT2D eigenvalue weighted by molar-refractivity contribution is 7.93. The Kier molecular flexibility index (Phi) is 5.79. The van der Waals surface area contributed by atoms with Gasteiger partial charge in [0.15, 0.2) is 0 Å². The molecule has 1 N–H and O–H groups in total. The molecule has 0 saturated heterocycles. The van der Waals surface area contributed by atoms with Crippen molar-refractivity contribution in [2.45, 2.75) is 5.38 Å². The van der Waals surface area contributed by atoms with Crippen LogP contribution < -0.4 is 4.72 Å². The van der Waals surface area contributed by atoms with Crippen molar-refractivity contribution in [2.24, 2.45) is 0 Å². The van der Waals surface area contributed by atoms with Crippen molar-refractivity contribution in [3.05, 3.63) is 35.9 Å². The number of alkyl halides is 1. The second-order valence-electron chi connectivity index (χ2n) is 4.18. The molecule has 0 radical (unpaired) electrons. The molecule has 0 aromatic heterocycles. The molecule has 0 aliphatic heterocycles. The molecule has 1 aromatic carbocycles. The van der Waals surface area contributed by atoms with Gasteiger partial charge in [-0.1, -0.05) is 30.3 Å². The lowest BCUT2D eigenvalue weighted by Gasteiger charge is -2.11. The summed E-state index contributed by atoms with van der Waals surface area (Å²) in [6, 6.07) is 9.04. The van der Waals surface area contributed by atoms with Gasteiger partial charge in [-0.05, 0) is 5.56 Å². The first-order valence-electron chi connectivity index (χ1n) is 5.54. The molecule has 0 aliphatic carbocycles. The number of rotatable bonds is 7. The van der Waals surface area contributed by atoms with Crippen LogP contribution >= 0.6 is 11.6 Å². The first kappa shape index (κ1) is 16.4. The van der Waals surface area contributed by atoms with Gasteiger partial charge in [-0.15, -0.1) is 11.6 Å². The maximum atomic E-state index is 11.6. The monoisotopic (exact) mass is 325 g/mol. The Morgan fingerprint density at radius 3 is 2.21 bits per heavy atom. The highest BCUT2D eigenvalue weighted by Gasteiger charge is 2.16. The van der Waals surface area contributed by atoms with Crippen molar-refractivity contribution in [3.63, 3.8) is 0 Å². The normalized spacial score (nSPS) is 14.2. The quantitative estimate of drug-likeness (QED) is 0.756. The zero-order valence-electron chi connectivity index (χ0n) is 10.4. The predicted molar refractivity (Wildman–Crippen MR) is 76.5 cm³/mol. The van der Waals surface area contributed by atoms with Gasteiger partial charge in [-0.25, -0.2) is 21.6 Å². The summed E-state index contributed by atoms with van der Waals surface area (Å²) in [7, 11) is -6.93. The smallest absolute Gasteiger partial charge is 0.212 e. The Morgan fingerprint density at radius 2 is 1.68 bits per heavy atom. The molecule has 0 aliphatic rings. The molecule has 8 heteroatoms. The first-order valence-corrected chi connectivity index (χ1v) is 9.68. The van der Waals surface area contributed by atoms with E-state index in [1.165, 1.54) is 0 Å². The Hall–Kier alpha value is -0.630. The summed E-state index contributed by atoms with van der Waals surface area (Å²) in [5.74, 6) is -0.856. The summed E-state index contributed by atoms with van der Waals surface area (Å²) >= 11 is 6.06. The van der Waals surface area contributed by atoms with Gasteiger partial charge in [0.05, 0.1) is 16.9 Å². The largest absolute Gasteiger partial charge is 0.229 e. The van der Waals surface area contributed by atoms with Crippen molar-refractivity contribution >= 4 is 31.5 Å². The highest BCUT2D eigenvalue weighted by atomic mass is 35.5. The molecule has 0 fully saturated rings. The average molecular weight is 326 g/mol.